The average molecular weight is 339 g/mol. The fourth-order valence-electron chi connectivity index (χ4n) is 2.45. The van der Waals surface area contributed by atoms with Crippen molar-refractivity contribution < 1.29 is 4.52 Å². The number of nitrogens with one attached hydrogen (secondary N) is 2. The zero-order valence-electron chi connectivity index (χ0n) is 14.5. The predicted molar refractivity (Wildman–Crippen MR) is 97.6 cm³/mol. The average Bonchev–Trinajstić information content (AvgIpc) is 3.02. The van der Waals surface area contributed by atoms with Crippen molar-refractivity contribution in [3.8, 4) is 0 Å². The number of rotatable bonds is 7. The van der Waals surface area contributed by atoms with Crippen LogP contribution in [0.4, 0.5) is 29.0 Å². The lowest BCUT2D eigenvalue weighted by atomic mass is 10.2. The lowest BCUT2D eigenvalue weighted by molar-refractivity contribution is 0.400. The lowest BCUT2D eigenvalue weighted by Crippen LogP contribution is -2.21. The van der Waals surface area contributed by atoms with E-state index < -0.39 is 0 Å². The van der Waals surface area contributed by atoms with Crippen LogP contribution in [0, 0.1) is 6.92 Å². The molecule has 0 aliphatic rings. The van der Waals surface area contributed by atoms with Crippen molar-refractivity contribution in [1.29, 1.82) is 0 Å². The van der Waals surface area contributed by atoms with Gasteiger partial charge in [-0.1, -0.05) is 5.16 Å². The molecule has 130 valence electrons. The molecule has 0 amide bonds. The zero-order valence-corrected chi connectivity index (χ0v) is 14.5. The van der Waals surface area contributed by atoms with E-state index in [0.29, 0.717) is 17.6 Å². The quantitative estimate of drug-likeness (QED) is 0.676. The number of hydrogen-bond donors (Lipinski definition) is 2. The summed E-state index contributed by atoms with van der Waals surface area (Å²) in [5.74, 6) is 2.23. The first kappa shape index (κ1) is 16.7. The third kappa shape index (κ3) is 4.23. The molecule has 3 aromatic rings. The van der Waals surface area contributed by atoms with Gasteiger partial charge in [-0.15, -0.1) is 5.10 Å². The van der Waals surface area contributed by atoms with Gasteiger partial charge in [0.25, 0.3) is 0 Å². The van der Waals surface area contributed by atoms with Crippen molar-refractivity contribution in [3.05, 3.63) is 42.3 Å². The summed E-state index contributed by atoms with van der Waals surface area (Å²) in [4.78, 5) is 6.66. The Bertz CT molecular complexity index is 812. The molecule has 2 N–H and O–H groups in total. The van der Waals surface area contributed by atoms with E-state index in [1.54, 1.807) is 6.07 Å². The summed E-state index contributed by atoms with van der Waals surface area (Å²) in [6, 6.07) is 9.92. The minimum atomic E-state index is 0.404. The summed E-state index contributed by atoms with van der Waals surface area (Å²) >= 11 is 0. The molecule has 0 unspecified atom stereocenters. The van der Waals surface area contributed by atoms with Gasteiger partial charge < -0.3 is 20.1 Å². The molecule has 0 saturated carbocycles. The second-order valence-electron chi connectivity index (χ2n) is 5.46. The number of nitrogens with zero attached hydrogens (tertiary/aromatic N) is 5. The fourth-order valence-corrected chi connectivity index (χ4v) is 2.45. The fraction of sp³-hybridized carbons (Fsp3) is 0.294. The van der Waals surface area contributed by atoms with E-state index in [1.807, 2.05) is 19.1 Å². The second kappa shape index (κ2) is 7.61. The van der Waals surface area contributed by atoms with Crippen molar-refractivity contribution >= 4 is 29.0 Å². The standard InChI is InChI=1S/C17H21N7O/c1-4-24(5-2)14-8-6-13(7-9-14)19-17-21-16(11-18-22-17)20-15-10-12(3)25-23-15/h6-11H,4-5H2,1-3H3,(H2,19,20,21,22,23). The Hall–Kier alpha value is -3.16. The predicted octanol–water partition coefficient (Wildman–Crippen LogP) is 3.50. The van der Waals surface area contributed by atoms with Gasteiger partial charge in [0.2, 0.25) is 5.95 Å². The molecule has 0 radical (unpaired) electrons. The van der Waals surface area contributed by atoms with Crippen molar-refractivity contribution in [1.82, 2.24) is 20.3 Å². The number of anilines is 5. The summed E-state index contributed by atoms with van der Waals surface area (Å²) in [6.07, 6.45) is 1.53. The maximum absolute atomic E-state index is 5.02. The third-order valence-corrected chi connectivity index (χ3v) is 3.69. The molecular formula is C17H21N7O. The Balaban J connectivity index is 1.69. The SMILES string of the molecule is CCN(CC)c1ccc(Nc2nncc(Nc3cc(C)on3)n2)cc1. The van der Waals surface area contributed by atoms with Crippen LogP contribution in [0.5, 0.6) is 0 Å². The van der Waals surface area contributed by atoms with Crippen molar-refractivity contribution in [2.24, 2.45) is 0 Å². The third-order valence-electron chi connectivity index (χ3n) is 3.69. The van der Waals surface area contributed by atoms with Crippen molar-refractivity contribution in [2.45, 2.75) is 20.8 Å². The monoisotopic (exact) mass is 339 g/mol. The van der Waals surface area contributed by atoms with Crippen LogP contribution in [0.25, 0.3) is 0 Å². The maximum atomic E-state index is 5.02. The highest BCUT2D eigenvalue weighted by Gasteiger charge is 2.06. The van der Waals surface area contributed by atoms with Crippen molar-refractivity contribution in [3.63, 3.8) is 0 Å². The van der Waals surface area contributed by atoms with Crippen LogP contribution in [-0.2, 0) is 0 Å². The topological polar surface area (TPSA) is 92.0 Å². The Labute approximate surface area is 146 Å². The summed E-state index contributed by atoms with van der Waals surface area (Å²) in [6.45, 7) is 8.07. The van der Waals surface area contributed by atoms with Gasteiger partial charge in [0.05, 0.1) is 6.20 Å². The van der Waals surface area contributed by atoms with Gasteiger partial charge >= 0.3 is 0 Å². The molecule has 1 aromatic carbocycles. The molecule has 0 spiro atoms. The molecule has 0 aliphatic heterocycles. The zero-order chi connectivity index (χ0) is 17.6. The first-order valence-electron chi connectivity index (χ1n) is 8.20. The second-order valence-corrected chi connectivity index (χ2v) is 5.46. The minimum Gasteiger partial charge on any atom is -0.372 e. The van der Waals surface area contributed by atoms with E-state index in [0.717, 1.165) is 24.5 Å². The summed E-state index contributed by atoms with van der Waals surface area (Å²) in [5, 5.41) is 18.0. The van der Waals surface area contributed by atoms with E-state index in [2.05, 4.69) is 61.9 Å². The molecule has 0 aliphatic carbocycles. The molecule has 0 saturated heterocycles. The van der Waals surface area contributed by atoms with Gasteiger partial charge in [-0.3, -0.25) is 0 Å². The molecule has 25 heavy (non-hydrogen) atoms. The molecule has 2 aromatic heterocycles. The van der Waals surface area contributed by atoms with Gasteiger partial charge in [0, 0.05) is 30.5 Å². The van der Waals surface area contributed by atoms with E-state index in [1.165, 1.54) is 11.9 Å². The number of aryl methyl sites for hydroxylation is 1. The van der Waals surface area contributed by atoms with Crippen LogP contribution < -0.4 is 15.5 Å². The van der Waals surface area contributed by atoms with Gasteiger partial charge in [0.1, 0.15) is 5.76 Å². The van der Waals surface area contributed by atoms with E-state index >= 15 is 0 Å². The molecule has 8 heteroatoms. The van der Waals surface area contributed by atoms with Gasteiger partial charge in [0.15, 0.2) is 11.6 Å². The van der Waals surface area contributed by atoms with Gasteiger partial charge in [-0.2, -0.15) is 10.1 Å². The molecule has 0 bridgehead atoms. The first-order valence-corrected chi connectivity index (χ1v) is 8.20. The molecule has 0 atom stereocenters. The Morgan fingerprint density at radius 1 is 1.04 bits per heavy atom. The van der Waals surface area contributed by atoms with E-state index in [-0.39, 0.29) is 0 Å². The van der Waals surface area contributed by atoms with Gasteiger partial charge in [-0.05, 0) is 45.0 Å². The molecule has 8 nitrogen and oxygen atoms in total. The number of hydrogen-bond acceptors (Lipinski definition) is 8. The van der Waals surface area contributed by atoms with Crippen LogP contribution in [0.1, 0.15) is 19.6 Å². The van der Waals surface area contributed by atoms with Crippen LogP contribution in [0.15, 0.2) is 41.1 Å². The molecule has 2 heterocycles. The van der Waals surface area contributed by atoms with E-state index in [4.69, 9.17) is 4.52 Å². The van der Waals surface area contributed by atoms with Crippen LogP contribution in [0.3, 0.4) is 0 Å². The number of benzene rings is 1. The van der Waals surface area contributed by atoms with Crippen molar-refractivity contribution in [2.75, 3.05) is 28.6 Å². The van der Waals surface area contributed by atoms with E-state index in [9.17, 15) is 0 Å². The number of aromatic nitrogens is 4. The Kier molecular flexibility index (Phi) is 5.08. The minimum absolute atomic E-state index is 0.404. The molecule has 0 fully saturated rings. The summed E-state index contributed by atoms with van der Waals surface area (Å²) in [5.41, 5.74) is 2.08. The Morgan fingerprint density at radius 3 is 2.44 bits per heavy atom. The Morgan fingerprint density at radius 2 is 1.80 bits per heavy atom. The normalized spacial score (nSPS) is 10.5. The largest absolute Gasteiger partial charge is 0.372 e. The maximum Gasteiger partial charge on any atom is 0.249 e. The molecule has 3 rings (SSSR count). The van der Waals surface area contributed by atoms with Crippen LogP contribution in [-0.4, -0.2) is 33.4 Å². The highest BCUT2D eigenvalue weighted by atomic mass is 16.5. The first-order chi connectivity index (χ1) is 12.2. The highest BCUT2D eigenvalue weighted by Crippen LogP contribution is 2.20. The van der Waals surface area contributed by atoms with Crippen LogP contribution >= 0.6 is 0 Å². The highest BCUT2D eigenvalue weighted by molar-refractivity contribution is 5.60. The molecular weight excluding hydrogens is 318 g/mol. The summed E-state index contributed by atoms with van der Waals surface area (Å²) < 4.78 is 5.02. The summed E-state index contributed by atoms with van der Waals surface area (Å²) in [7, 11) is 0. The van der Waals surface area contributed by atoms with Gasteiger partial charge in [-0.25, -0.2) is 0 Å². The smallest absolute Gasteiger partial charge is 0.249 e. The van der Waals surface area contributed by atoms with Crippen LogP contribution in [0.2, 0.25) is 0 Å². The lowest BCUT2D eigenvalue weighted by Gasteiger charge is -2.21.